The summed E-state index contributed by atoms with van der Waals surface area (Å²) in [4.78, 5) is 43.4. The molecule has 1 aliphatic heterocycles. The first-order valence-electron chi connectivity index (χ1n) is 8.67. The third-order valence-electron chi connectivity index (χ3n) is 4.55. The van der Waals surface area contributed by atoms with Gasteiger partial charge in [-0.2, -0.15) is 0 Å². The van der Waals surface area contributed by atoms with E-state index in [1.54, 1.807) is 19.1 Å². The monoisotopic (exact) mass is 388 g/mol. The third kappa shape index (κ3) is 3.96. The number of carbonyl (C=O) groups excluding carboxylic acids is 1. The highest BCUT2D eigenvalue weighted by molar-refractivity contribution is 6.26. The molecule has 0 amide bonds. The normalized spacial score (nSPS) is 14.4. The number of aliphatic carboxylic acids is 1. The van der Waals surface area contributed by atoms with Crippen LogP contribution in [0.3, 0.4) is 0 Å². The third-order valence-corrected chi connectivity index (χ3v) is 4.55. The topological polar surface area (TPSA) is 139 Å². The molecular weight excluding hydrogens is 366 g/mol. The molecule has 0 aliphatic carbocycles. The number of Topliss-reactive ketones (excluding diaryl/α,β-unsaturated/α-hetero) is 1. The number of quaternary nitrogens is 1. The fourth-order valence-electron chi connectivity index (χ4n) is 2.93. The maximum Gasteiger partial charge on any atom is 0.345 e. The molecule has 0 spiro atoms. The number of nitro groups is 1. The van der Waals surface area contributed by atoms with Crippen LogP contribution in [0.4, 0.5) is 11.6 Å². The van der Waals surface area contributed by atoms with E-state index in [0.29, 0.717) is 34.8 Å². The second kappa shape index (κ2) is 8.09. The summed E-state index contributed by atoms with van der Waals surface area (Å²) in [5.41, 5.74) is 1.05. The number of H-pyrrole nitrogens is 1. The van der Waals surface area contributed by atoms with Crippen LogP contribution in [0.1, 0.15) is 35.7 Å². The molecule has 0 atom stereocenters. The number of pyridine rings is 1. The average molecular weight is 388 g/mol. The van der Waals surface area contributed by atoms with Gasteiger partial charge in [-0.3, -0.25) is 4.79 Å². The number of fused-ring (bicyclic) bond motifs is 1. The average Bonchev–Trinajstić information content (AvgIpc) is 3.09. The van der Waals surface area contributed by atoms with Crippen molar-refractivity contribution < 1.29 is 19.6 Å². The van der Waals surface area contributed by atoms with Crippen molar-refractivity contribution in [3.8, 4) is 0 Å². The Morgan fingerprint density at radius 1 is 1.29 bits per heavy atom. The van der Waals surface area contributed by atoms with Crippen molar-refractivity contribution in [3.63, 3.8) is 0 Å². The first kappa shape index (κ1) is 20.9. The number of rotatable bonds is 4. The number of ketones is 1. The maximum atomic E-state index is 12.2. The minimum atomic E-state index is -1.18. The number of hydrogen-bond donors (Lipinski definition) is 2. The molecule has 0 radical (unpaired) electrons. The lowest BCUT2D eigenvalue weighted by Gasteiger charge is -2.35. The zero-order chi connectivity index (χ0) is 21.1. The van der Waals surface area contributed by atoms with Crippen LogP contribution in [-0.2, 0) is 4.79 Å². The summed E-state index contributed by atoms with van der Waals surface area (Å²) in [5, 5.41) is 19.1. The summed E-state index contributed by atoms with van der Waals surface area (Å²) in [5.74, 6) is -0.486. The van der Waals surface area contributed by atoms with E-state index in [-0.39, 0.29) is 11.4 Å². The molecule has 0 bridgehead atoms. The van der Waals surface area contributed by atoms with Crippen molar-refractivity contribution in [2.24, 2.45) is 0 Å². The van der Waals surface area contributed by atoms with Crippen LogP contribution < -0.4 is 4.48 Å². The first-order chi connectivity index (χ1) is 13.1. The van der Waals surface area contributed by atoms with Crippen LogP contribution in [0.15, 0.2) is 30.1 Å². The van der Waals surface area contributed by atoms with Gasteiger partial charge in [-0.1, -0.05) is 0 Å². The van der Waals surface area contributed by atoms with Gasteiger partial charge in [0.1, 0.15) is 18.0 Å². The highest BCUT2D eigenvalue weighted by Crippen LogP contribution is 2.33. The summed E-state index contributed by atoms with van der Waals surface area (Å²) in [6.45, 7) is 8.76. The largest absolute Gasteiger partial charge is 0.477 e. The molecule has 10 nitrogen and oxygen atoms in total. The summed E-state index contributed by atoms with van der Waals surface area (Å²) in [6.07, 6.45) is 2.72. The van der Waals surface area contributed by atoms with Crippen molar-refractivity contribution >= 4 is 23.4 Å². The number of carboxylic acid groups (broad SMARTS) is 1. The molecule has 3 rings (SSSR count). The summed E-state index contributed by atoms with van der Waals surface area (Å²) in [6, 6.07) is 3.41. The lowest BCUT2D eigenvalue weighted by atomic mass is 9.98. The minimum absolute atomic E-state index is 0.0625. The number of nitrogens with one attached hydrogen (secondary N) is 1. The number of aryl methyl sites for hydroxylation is 2. The number of imidazole rings is 1. The molecule has 0 aromatic carbocycles. The Hall–Kier alpha value is -3.40. The first-order valence-corrected chi connectivity index (χ1v) is 8.67. The summed E-state index contributed by atoms with van der Waals surface area (Å²) >= 11 is 0. The van der Waals surface area contributed by atoms with E-state index in [1.165, 1.54) is 12.4 Å². The van der Waals surface area contributed by atoms with E-state index >= 15 is 0 Å². The Bertz CT molecular complexity index is 959. The number of hydrogen-bond acceptors (Lipinski definition) is 6. The molecule has 0 saturated carbocycles. The van der Waals surface area contributed by atoms with Crippen LogP contribution in [0, 0.1) is 24.0 Å². The minimum Gasteiger partial charge on any atom is -0.477 e. The number of aromatic nitrogens is 3. The molecule has 2 N–H and O–H groups in total. The molecule has 0 unspecified atom stereocenters. The van der Waals surface area contributed by atoms with Crippen molar-refractivity contribution in [3.05, 3.63) is 57.3 Å². The second-order valence-electron chi connectivity index (χ2n) is 6.28. The van der Waals surface area contributed by atoms with E-state index in [4.69, 9.17) is 0 Å². The predicted molar refractivity (Wildman–Crippen MR) is 102 cm³/mol. The number of aromatic amines is 1. The van der Waals surface area contributed by atoms with Gasteiger partial charge in [0.15, 0.2) is 11.4 Å². The SMILES string of the molecule is CC[N+]1(CC)C=C(C(=O)O)C(=O)c2ccc(C)nc21.Cc1ncc([N+](=O)[O-])[nH]1. The van der Waals surface area contributed by atoms with E-state index in [2.05, 4.69) is 15.0 Å². The highest BCUT2D eigenvalue weighted by atomic mass is 16.6. The Morgan fingerprint density at radius 3 is 2.36 bits per heavy atom. The molecule has 2 aromatic rings. The highest BCUT2D eigenvalue weighted by Gasteiger charge is 2.41. The van der Waals surface area contributed by atoms with Crippen LogP contribution in [0.2, 0.25) is 0 Å². The quantitative estimate of drug-likeness (QED) is 0.355. The molecule has 0 saturated heterocycles. The molecule has 10 heteroatoms. The molecular formula is C18H22N5O5+. The molecule has 2 aromatic heterocycles. The molecule has 1 aliphatic rings. The molecule has 3 heterocycles. The maximum absolute atomic E-state index is 12.2. The number of carbonyl (C=O) groups is 2. The van der Waals surface area contributed by atoms with Gasteiger partial charge in [0.25, 0.3) is 0 Å². The standard InChI is InChI=1S/C14H16N2O3.C4H5N3O2/c1-4-16(5-2)8-11(14(18)19)12(17)10-7-6-9(3)15-13(10)16;1-3-5-2-4(6-3)7(8)9/h6-8H,4-5H2,1-3H3;2H,1H3,(H,5,6)/p+1. The zero-order valence-electron chi connectivity index (χ0n) is 16.1. The summed E-state index contributed by atoms with van der Waals surface area (Å²) in [7, 11) is 0. The van der Waals surface area contributed by atoms with E-state index in [1.807, 2.05) is 20.8 Å². The van der Waals surface area contributed by atoms with E-state index < -0.39 is 16.7 Å². The van der Waals surface area contributed by atoms with Gasteiger partial charge in [0.05, 0.1) is 13.1 Å². The van der Waals surface area contributed by atoms with Gasteiger partial charge in [-0.25, -0.2) is 24.2 Å². The lowest BCUT2D eigenvalue weighted by molar-refractivity contribution is -0.389. The van der Waals surface area contributed by atoms with E-state index in [9.17, 15) is 24.8 Å². The molecule has 148 valence electrons. The second-order valence-corrected chi connectivity index (χ2v) is 6.28. The van der Waals surface area contributed by atoms with Gasteiger partial charge in [-0.15, -0.1) is 0 Å². The lowest BCUT2D eigenvalue weighted by Crippen LogP contribution is -2.48. The number of carboxylic acids is 1. The van der Waals surface area contributed by atoms with Crippen LogP contribution in [-0.4, -0.2) is 49.8 Å². The Labute approximate surface area is 161 Å². The van der Waals surface area contributed by atoms with Gasteiger partial charge in [0.2, 0.25) is 11.6 Å². The fourth-order valence-corrected chi connectivity index (χ4v) is 2.93. The predicted octanol–water partition coefficient (Wildman–Crippen LogP) is 2.53. The van der Waals surface area contributed by atoms with Crippen molar-refractivity contribution in [1.29, 1.82) is 0 Å². The van der Waals surface area contributed by atoms with Crippen LogP contribution >= 0.6 is 0 Å². The van der Waals surface area contributed by atoms with Gasteiger partial charge in [0, 0.05) is 12.6 Å². The Kier molecular flexibility index (Phi) is 6.04. The number of nitrogens with zero attached hydrogens (tertiary/aromatic N) is 4. The smallest absolute Gasteiger partial charge is 0.345 e. The van der Waals surface area contributed by atoms with Gasteiger partial charge in [-0.05, 0) is 37.8 Å². The van der Waals surface area contributed by atoms with Crippen molar-refractivity contribution in [2.75, 3.05) is 13.1 Å². The van der Waals surface area contributed by atoms with E-state index in [0.717, 1.165) is 5.69 Å². The molecule has 28 heavy (non-hydrogen) atoms. The van der Waals surface area contributed by atoms with Crippen LogP contribution in [0.25, 0.3) is 0 Å². The Morgan fingerprint density at radius 2 is 1.93 bits per heavy atom. The summed E-state index contributed by atoms with van der Waals surface area (Å²) < 4.78 is 0.296. The fraction of sp³-hybridized carbons (Fsp3) is 0.333. The Balaban J connectivity index is 0.000000261. The zero-order valence-corrected chi connectivity index (χ0v) is 16.1. The van der Waals surface area contributed by atoms with Gasteiger partial charge >= 0.3 is 11.8 Å². The van der Waals surface area contributed by atoms with Crippen molar-refractivity contribution in [1.82, 2.24) is 19.4 Å². The molecule has 0 fully saturated rings. The van der Waals surface area contributed by atoms with Crippen molar-refractivity contribution in [2.45, 2.75) is 27.7 Å². The van der Waals surface area contributed by atoms with Gasteiger partial charge < -0.3 is 15.2 Å². The van der Waals surface area contributed by atoms with Crippen LogP contribution in [0.5, 0.6) is 0 Å².